The van der Waals surface area contributed by atoms with E-state index < -0.39 is 57.8 Å². The van der Waals surface area contributed by atoms with Crippen molar-refractivity contribution in [2.24, 2.45) is 0 Å². The minimum Gasteiger partial charge on any atom is -0.462 e. The fourth-order valence-corrected chi connectivity index (χ4v) is 8.56. The lowest BCUT2D eigenvalue weighted by atomic mass is 10.1. The summed E-state index contributed by atoms with van der Waals surface area (Å²) < 4.78 is 39.6. The number of phosphoric acid groups is 1. The lowest BCUT2D eigenvalue weighted by Crippen LogP contribution is -2.30. The Morgan fingerprint density at radius 2 is 0.667 bits per heavy atom. The van der Waals surface area contributed by atoms with Crippen LogP contribution in [0.5, 0.6) is 0 Å². The molecule has 0 saturated carbocycles. The van der Waals surface area contributed by atoms with Gasteiger partial charge in [0.05, 0.1) is 19.8 Å². The fourth-order valence-electron chi connectivity index (χ4n) is 7.78. The summed E-state index contributed by atoms with van der Waals surface area (Å²) in [6.45, 7) is 4.32. The van der Waals surface area contributed by atoms with Gasteiger partial charge in [-0.2, -0.15) is 0 Å². The minimum atomic E-state index is -4.77. The Balaban J connectivity index is 4.81. The molecule has 0 aromatic carbocycles. The molecular formula is C66H109O11P. The summed E-state index contributed by atoms with van der Waals surface area (Å²) >= 11 is 0. The first-order chi connectivity index (χ1) is 38.2. The van der Waals surface area contributed by atoms with Crippen LogP contribution in [-0.2, 0) is 42.2 Å². The third kappa shape index (κ3) is 56.6. The third-order valence-corrected chi connectivity index (χ3v) is 13.3. The maximum absolute atomic E-state index is 12.9. The monoisotopic (exact) mass is 1110 g/mol. The number of allylic oxidation sites excluding steroid dienone is 20. The van der Waals surface area contributed by atoms with Gasteiger partial charge >= 0.3 is 25.7 Å². The molecule has 3 atom stereocenters. The number of phosphoric ester groups is 1. The number of aliphatic hydroxyl groups excluding tert-OH is 1. The van der Waals surface area contributed by atoms with Crippen LogP contribution in [0.4, 0.5) is 0 Å². The van der Waals surface area contributed by atoms with Crippen molar-refractivity contribution in [1.82, 2.24) is 0 Å². The highest BCUT2D eigenvalue weighted by atomic mass is 31.2. The number of esters is 3. The molecule has 3 unspecified atom stereocenters. The van der Waals surface area contributed by atoms with Gasteiger partial charge in [0.2, 0.25) is 0 Å². The van der Waals surface area contributed by atoms with Crippen LogP contribution in [0.15, 0.2) is 122 Å². The zero-order valence-corrected chi connectivity index (χ0v) is 50.0. The smallest absolute Gasteiger partial charge is 0.462 e. The predicted octanol–water partition coefficient (Wildman–Crippen LogP) is 18.4. The van der Waals surface area contributed by atoms with Crippen LogP contribution in [0.1, 0.15) is 239 Å². The average molecular weight is 1110 g/mol. The summed E-state index contributed by atoms with van der Waals surface area (Å²) in [5, 5.41) is 9.82. The van der Waals surface area contributed by atoms with Crippen LogP contribution >= 0.6 is 7.82 Å². The Bertz CT molecular complexity index is 1770. The van der Waals surface area contributed by atoms with Gasteiger partial charge in [-0.05, 0) is 128 Å². The van der Waals surface area contributed by atoms with Gasteiger partial charge in [0.25, 0.3) is 0 Å². The number of carbonyl (C=O) groups is 3. The molecule has 0 rings (SSSR count). The zero-order valence-electron chi connectivity index (χ0n) is 49.1. The summed E-state index contributed by atoms with van der Waals surface area (Å²) in [5.41, 5.74) is 0. The van der Waals surface area contributed by atoms with Crippen LogP contribution < -0.4 is 0 Å². The molecule has 0 fully saturated rings. The van der Waals surface area contributed by atoms with Gasteiger partial charge in [0, 0.05) is 19.3 Å². The van der Waals surface area contributed by atoms with E-state index in [1.54, 1.807) is 0 Å². The van der Waals surface area contributed by atoms with Gasteiger partial charge in [-0.25, -0.2) is 4.57 Å². The number of carbonyl (C=O) groups excluding carboxylic acids is 3. The zero-order chi connectivity index (χ0) is 56.9. The number of unbranched alkanes of at least 4 members (excludes halogenated alkanes) is 18. The van der Waals surface area contributed by atoms with E-state index in [0.717, 1.165) is 154 Å². The first-order valence-electron chi connectivity index (χ1n) is 30.4. The quantitative estimate of drug-likeness (QED) is 0.0197. The summed E-state index contributed by atoms with van der Waals surface area (Å²) in [4.78, 5) is 48.7. The summed E-state index contributed by atoms with van der Waals surface area (Å²) in [5.74, 6) is -1.54. The Morgan fingerprint density at radius 3 is 1.04 bits per heavy atom. The Labute approximate surface area is 475 Å². The molecule has 0 aliphatic heterocycles. The molecule has 0 spiro atoms. The molecule has 0 aromatic rings. The highest BCUT2D eigenvalue weighted by molar-refractivity contribution is 7.47. The third-order valence-electron chi connectivity index (χ3n) is 12.3. The summed E-state index contributed by atoms with van der Waals surface area (Å²) in [6, 6.07) is 0. The van der Waals surface area contributed by atoms with Crippen molar-refractivity contribution < 1.29 is 52.2 Å². The van der Waals surface area contributed by atoms with Crippen molar-refractivity contribution in [3.8, 4) is 0 Å². The Morgan fingerprint density at radius 1 is 0.372 bits per heavy atom. The van der Waals surface area contributed by atoms with Crippen LogP contribution in [-0.4, -0.2) is 66.5 Å². The van der Waals surface area contributed by atoms with Crippen LogP contribution in [0.2, 0.25) is 0 Å². The van der Waals surface area contributed by atoms with Crippen molar-refractivity contribution in [1.29, 1.82) is 0 Å². The van der Waals surface area contributed by atoms with Gasteiger partial charge in [-0.1, -0.05) is 213 Å². The minimum absolute atomic E-state index is 0.134. The number of ether oxygens (including phenoxy) is 3. The Hall–Kier alpha value is -4.12. The van der Waals surface area contributed by atoms with Crippen LogP contribution in [0.3, 0.4) is 0 Å². The first kappa shape index (κ1) is 73.9. The van der Waals surface area contributed by atoms with Crippen LogP contribution in [0.25, 0.3) is 0 Å². The molecule has 11 nitrogen and oxygen atoms in total. The van der Waals surface area contributed by atoms with E-state index in [0.29, 0.717) is 19.3 Å². The molecule has 0 amide bonds. The van der Waals surface area contributed by atoms with E-state index >= 15 is 0 Å². The topological polar surface area (TPSA) is 155 Å². The lowest BCUT2D eigenvalue weighted by molar-refractivity contribution is -0.161. The van der Waals surface area contributed by atoms with E-state index in [1.165, 1.54) is 25.7 Å². The molecule has 444 valence electrons. The van der Waals surface area contributed by atoms with Crippen molar-refractivity contribution in [3.63, 3.8) is 0 Å². The van der Waals surface area contributed by atoms with E-state index in [1.807, 2.05) is 0 Å². The second-order valence-corrected chi connectivity index (χ2v) is 21.2. The van der Waals surface area contributed by atoms with E-state index in [2.05, 4.69) is 142 Å². The first-order valence-corrected chi connectivity index (χ1v) is 31.9. The van der Waals surface area contributed by atoms with Gasteiger partial charge in [0.1, 0.15) is 12.7 Å². The number of aliphatic hydroxyl groups is 1. The lowest BCUT2D eigenvalue weighted by Gasteiger charge is -2.21. The second-order valence-electron chi connectivity index (χ2n) is 19.7. The van der Waals surface area contributed by atoms with E-state index in [9.17, 15) is 28.9 Å². The normalized spacial score (nSPS) is 14.2. The number of hydrogen-bond acceptors (Lipinski definition) is 10. The SMILES string of the molecule is CC/C=C\C/C=C\C/C=C\C/C=C\CCCCCCCCC(=O)OC(COC(=O)CCCCCCCC/C=C\C/C=C\C/C=C\CCCCC)COP(=O)(O)OCC(CO)OC(=O)CCCCC/C=C\C/C=C\C/C=C\CC. The molecular weight excluding hydrogens is 1000 g/mol. The van der Waals surface area contributed by atoms with Gasteiger partial charge < -0.3 is 24.2 Å². The average Bonchev–Trinajstić information content (AvgIpc) is 3.43. The molecule has 2 N–H and O–H groups in total. The standard InChI is InChI=1S/C66H109O11P/c1-4-7-10-13-16-19-22-25-27-29-31-33-35-38-40-43-46-49-52-55-64(68)73-59-63(77-66(70)57-54-51-48-45-42-39-36-34-32-30-28-26-23-20-17-14-11-8-5-2)61-75-78(71,72)74-60-62(58-67)76-65(69)56-53-50-47-44-41-37-24-21-18-15-12-9-6-3/h8-9,11-12,16-21,25-28,31-34,37,41,62-63,67H,4-7,10,13-15,22-24,29-30,35-36,38-40,42-61H2,1-3H3,(H,71,72)/b11-8-,12-9-,19-16-,20-17-,21-18-,27-25-,28-26-,33-31-,34-32-,41-37-. The number of hydrogen-bond donors (Lipinski definition) is 2. The molecule has 0 aliphatic carbocycles. The molecule has 0 bridgehead atoms. The van der Waals surface area contributed by atoms with Gasteiger partial charge in [0.15, 0.2) is 6.10 Å². The highest BCUT2D eigenvalue weighted by Gasteiger charge is 2.28. The summed E-state index contributed by atoms with van der Waals surface area (Å²) in [6.07, 6.45) is 72.9. The van der Waals surface area contributed by atoms with E-state index in [4.69, 9.17) is 23.3 Å². The molecule has 0 radical (unpaired) electrons. The molecule has 0 heterocycles. The highest BCUT2D eigenvalue weighted by Crippen LogP contribution is 2.43. The molecule has 0 aromatic heterocycles. The maximum atomic E-state index is 12.9. The Kier molecular flexibility index (Phi) is 55.9. The van der Waals surface area contributed by atoms with Crippen molar-refractivity contribution in [2.45, 2.75) is 251 Å². The number of rotatable bonds is 55. The fraction of sp³-hybridized carbons (Fsp3) is 0.652. The second kappa shape index (κ2) is 59.0. The van der Waals surface area contributed by atoms with Crippen molar-refractivity contribution in [2.75, 3.05) is 26.4 Å². The van der Waals surface area contributed by atoms with E-state index in [-0.39, 0.29) is 25.9 Å². The van der Waals surface area contributed by atoms with Gasteiger partial charge in [-0.15, -0.1) is 0 Å². The largest absolute Gasteiger partial charge is 0.472 e. The molecule has 12 heteroatoms. The molecule has 78 heavy (non-hydrogen) atoms. The predicted molar refractivity (Wildman–Crippen MR) is 325 cm³/mol. The van der Waals surface area contributed by atoms with Crippen molar-refractivity contribution in [3.05, 3.63) is 122 Å². The maximum Gasteiger partial charge on any atom is 0.472 e. The van der Waals surface area contributed by atoms with Gasteiger partial charge in [-0.3, -0.25) is 23.4 Å². The summed E-state index contributed by atoms with van der Waals surface area (Å²) in [7, 11) is -4.77. The molecule has 0 saturated heterocycles. The molecule has 0 aliphatic rings. The van der Waals surface area contributed by atoms with Crippen molar-refractivity contribution >= 4 is 25.7 Å². The van der Waals surface area contributed by atoms with Crippen LogP contribution in [0, 0.1) is 0 Å².